The number of hydrogen-bond acceptors (Lipinski definition) is 4. The number of rotatable bonds is 6. The molecule has 0 aliphatic carbocycles. The Bertz CT molecular complexity index is 481. The van der Waals surface area contributed by atoms with Gasteiger partial charge in [-0.05, 0) is 25.5 Å². The van der Waals surface area contributed by atoms with Crippen LogP contribution in [0.1, 0.15) is 50.2 Å². The number of anilines is 1. The van der Waals surface area contributed by atoms with E-state index in [0.717, 1.165) is 12.1 Å². The van der Waals surface area contributed by atoms with Crippen molar-refractivity contribution in [2.45, 2.75) is 45.6 Å². The topological polar surface area (TPSA) is 63.2 Å². The van der Waals surface area contributed by atoms with E-state index in [9.17, 15) is 4.79 Å². The molecule has 1 aromatic heterocycles. The molecule has 1 amide bonds. The summed E-state index contributed by atoms with van der Waals surface area (Å²) in [5.41, 5.74) is 1.41. The van der Waals surface area contributed by atoms with Crippen LogP contribution in [0.3, 0.4) is 0 Å². The number of nitrogens with one attached hydrogen (secondary N) is 2. The summed E-state index contributed by atoms with van der Waals surface area (Å²) in [6.45, 7) is 8.85. The van der Waals surface area contributed by atoms with Crippen molar-refractivity contribution in [3.63, 3.8) is 0 Å². The number of ether oxygens (including phenoxy) is 1. The molecule has 0 spiro atoms. The second kappa shape index (κ2) is 7.41. The van der Waals surface area contributed by atoms with Gasteiger partial charge >= 0.3 is 0 Å². The first kappa shape index (κ1) is 17.4. The quantitative estimate of drug-likeness (QED) is 0.846. The van der Waals surface area contributed by atoms with Crippen LogP contribution in [0.5, 0.6) is 0 Å². The highest BCUT2D eigenvalue weighted by Gasteiger charge is 2.19. The predicted molar refractivity (Wildman–Crippen MR) is 85.9 cm³/mol. The lowest BCUT2D eigenvalue weighted by atomic mass is 9.90. The molecule has 0 bridgehead atoms. The maximum Gasteiger partial charge on any atom is 0.251 e. The van der Waals surface area contributed by atoms with Crippen LogP contribution in [0.15, 0.2) is 12.1 Å². The second-order valence-corrected chi connectivity index (χ2v) is 6.28. The molecule has 1 rings (SSSR count). The first-order valence-corrected chi connectivity index (χ1v) is 7.28. The number of aromatic nitrogens is 1. The zero-order chi connectivity index (χ0) is 16.0. The molecule has 21 heavy (non-hydrogen) atoms. The number of hydrogen-bond donors (Lipinski definition) is 2. The molecule has 0 aromatic carbocycles. The minimum Gasteiger partial charge on any atom is -0.385 e. The van der Waals surface area contributed by atoms with Crippen molar-refractivity contribution in [1.29, 1.82) is 0 Å². The SMILES string of the molecule is CNc1cc(C(=O)NC(C)CCOC)cc(C(C)(C)C)n1. The molecular formula is C16H27N3O2. The molecule has 0 fully saturated rings. The maximum atomic E-state index is 12.4. The molecule has 5 nitrogen and oxygen atoms in total. The lowest BCUT2D eigenvalue weighted by Gasteiger charge is -2.20. The molecule has 2 N–H and O–H groups in total. The molecule has 5 heteroatoms. The summed E-state index contributed by atoms with van der Waals surface area (Å²) in [5, 5.41) is 6.00. The third-order valence-corrected chi connectivity index (χ3v) is 3.24. The van der Waals surface area contributed by atoms with E-state index in [1.165, 1.54) is 0 Å². The maximum absolute atomic E-state index is 12.4. The van der Waals surface area contributed by atoms with E-state index >= 15 is 0 Å². The van der Waals surface area contributed by atoms with Crippen molar-refractivity contribution >= 4 is 11.7 Å². The third-order valence-electron chi connectivity index (χ3n) is 3.24. The predicted octanol–water partition coefficient (Wildman–Crippen LogP) is 2.58. The van der Waals surface area contributed by atoms with Crippen LogP contribution in [-0.2, 0) is 10.2 Å². The summed E-state index contributed by atoms with van der Waals surface area (Å²) in [7, 11) is 3.46. The minimum absolute atomic E-state index is 0.0711. The molecule has 0 saturated heterocycles. The van der Waals surface area contributed by atoms with Gasteiger partial charge in [0.1, 0.15) is 5.82 Å². The van der Waals surface area contributed by atoms with Crippen LogP contribution < -0.4 is 10.6 Å². The van der Waals surface area contributed by atoms with E-state index in [0.29, 0.717) is 18.0 Å². The number of nitrogens with zero attached hydrogens (tertiary/aromatic N) is 1. The van der Waals surface area contributed by atoms with Crippen molar-refractivity contribution in [2.24, 2.45) is 0 Å². The van der Waals surface area contributed by atoms with E-state index in [4.69, 9.17) is 4.74 Å². The van der Waals surface area contributed by atoms with Crippen LogP contribution in [-0.4, -0.2) is 37.7 Å². The van der Waals surface area contributed by atoms with E-state index in [-0.39, 0.29) is 17.4 Å². The highest BCUT2D eigenvalue weighted by atomic mass is 16.5. The Hall–Kier alpha value is -1.62. The van der Waals surface area contributed by atoms with Gasteiger partial charge in [-0.15, -0.1) is 0 Å². The Labute approximate surface area is 127 Å². The summed E-state index contributed by atoms with van der Waals surface area (Å²) in [6.07, 6.45) is 0.790. The van der Waals surface area contributed by atoms with Gasteiger partial charge in [-0.3, -0.25) is 4.79 Å². The van der Waals surface area contributed by atoms with E-state index < -0.39 is 0 Å². The summed E-state index contributed by atoms with van der Waals surface area (Å²) in [6, 6.07) is 3.70. The first-order valence-electron chi connectivity index (χ1n) is 7.28. The fourth-order valence-electron chi connectivity index (χ4n) is 1.85. The molecule has 0 aliphatic heterocycles. The van der Waals surface area contributed by atoms with Gasteiger partial charge in [-0.2, -0.15) is 0 Å². The third kappa shape index (κ3) is 5.34. The highest BCUT2D eigenvalue weighted by molar-refractivity contribution is 5.95. The zero-order valence-corrected chi connectivity index (χ0v) is 13.9. The van der Waals surface area contributed by atoms with E-state index in [1.54, 1.807) is 20.2 Å². The summed E-state index contributed by atoms with van der Waals surface area (Å²) < 4.78 is 5.03. The standard InChI is InChI=1S/C16H27N3O2/c1-11(7-8-21-6)18-15(20)12-9-13(16(2,3)4)19-14(10-12)17-5/h9-11H,7-8H2,1-6H3,(H,17,19)(H,18,20). The molecule has 1 aromatic rings. The summed E-state index contributed by atoms with van der Waals surface area (Å²) in [4.78, 5) is 16.9. The van der Waals surface area contributed by atoms with E-state index in [1.807, 2.05) is 13.0 Å². The highest BCUT2D eigenvalue weighted by Crippen LogP contribution is 2.23. The lowest BCUT2D eigenvalue weighted by molar-refractivity contribution is 0.0929. The minimum atomic E-state index is -0.108. The number of methoxy groups -OCH3 is 1. The molecule has 1 unspecified atom stereocenters. The van der Waals surface area contributed by atoms with E-state index in [2.05, 4.69) is 36.4 Å². The number of pyridine rings is 1. The molecule has 118 valence electrons. The van der Waals surface area contributed by atoms with Gasteiger partial charge in [-0.25, -0.2) is 4.98 Å². The largest absolute Gasteiger partial charge is 0.385 e. The smallest absolute Gasteiger partial charge is 0.251 e. The Morgan fingerprint density at radius 2 is 2.05 bits per heavy atom. The molecule has 0 saturated carbocycles. The average Bonchev–Trinajstić information content (AvgIpc) is 2.43. The van der Waals surface area contributed by atoms with Crippen LogP contribution in [0.2, 0.25) is 0 Å². The fourth-order valence-corrected chi connectivity index (χ4v) is 1.85. The summed E-state index contributed by atoms with van der Waals surface area (Å²) in [5.74, 6) is 0.625. The molecular weight excluding hydrogens is 266 g/mol. The van der Waals surface area contributed by atoms with Crippen LogP contribution in [0.4, 0.5) is 5.82 Å². The number of carbonyl (C=O) groups excluding carboxylic acids is 1. The van der Waals surface area contributed by atoms with Gasteiger partial charge in [0.25, 0.3) is 5.91 Å². The van der Waals surface area contributed by atoms with Crippen molar-refractivity contribution < 1.29 is 9.53 Å². The second-order valence-electron chi connectivity index (χ2n) is 6.28. The van der Waals surface area contributed by atoms with Crippen LogP contribution >= 0.6 is 0 Å². The first-order chi connectivity index (χ1) is 9.77. The van der Waals surface area contributed by atoms with Crippen LogP contribution in [0, 0.1) is 0 Å². The number of amides is 1. The van der Waals surface area contributed by atoms with Crippen molar-refractivity contribution in [3.8, 4) is 0 Å². The van der Waals surface area contributed by atoms with Gasteiger partial charge < -0.3 is 15.4 Å². The Morgan fingerprint density at radius 3 is 2.57 bits per heavy atom. The monoisotopic (exact) mass is 293 g/mol. The van der Waals surface area contributed by atoms with Crippen molar-refractivity contribution in [2.75, 3.05) is 26.1 Å². The van der Waals surface area contributed by atoms with Gasteiger partial charge in [-0.1, -0.05) is 20.8 Å². The Morgan fingerprint density at radius 1 is 1.38 bits per heavy atom. The van der Waals surface area contributed by atoms with Gasteiger partial charge in [0.2, 0.25) is 0 Å². The molecule has 0 radical (unpaired) electrons. The van der Waals surface area contributed by atoms with Gasteiger partial charge in [0.15, 0.2) is 0 Å². The van der Waals surface area contributed by atoms with Gasteiger partial charge in [0, 0.05) is 43.5 Å². The van der Waals surface area contributed by atoms with Gasteiger partial charge in [0.05, 0.1) is 0 Å². The van der Waals surface area contributed by atoms with Crippen molar-refractivity contribution in [1.82, 2.24) is 10.3 Å². The molecule has 1 heterocycles. The molecule has 0 aliphatic rings. The average molecular weight is 293 g/mol. The Kier molecular flexibility index (Phi) is 6.15. The number of carbonyl (C=O) groups is 1. The summed E-state index contributed by atoms with van der Waals surface area (Å²) >= 11 is 0. The normalized spacial score (nSPS) is 12.9. The zero-order valence-electron chi connectivity index (χ0n) is 13.9. The molecule has 1 atom stereocenters. The fraction of sp³-hybridized carbons (Fsp3) is 0.625. The van der Waals surface area contributed by atoms with Crippen molar-refractivity contribution in [3.05, 3.63) is 23.4 Å². The lowest BCUT2D eigenvalue weighted by Crippen LogP contribution is -2.33. The Balaban J connectivity index is 2.93. The van der Waals surface area contributed by atoms with Crippen LogP contribution in [0.25, 0.3) is 0 Å².